The Morgan fingerprint density at radius 1 is 1.57 bits per heavy atom. The summed E-state index contributed by atoms with van der Waals surface area (Å²) in [4.78, 5) is 16.4. The van der Waals surface area contributed by atoms with E-state index in [1.165, 1.54) is 0 Å². The molecule has 0 aromatic carbocycles. The van der Waals surface area contributed by atoms with Crippen LogP contribution >= 0.6 is 0 Å². The average molecular weight is 203 g/mol. The Bertz CT molecular complexity index is 186. The maximum atomic E-state index is 11.5. The maximum absolute atomic E-state index is 11.5. The molecule has 14 heavy (non-hydrogen) atoms. The van der Waals surface area contributed by atoms with Gasteiger partial charge in [0.15, 0.2) is 0 Å². The van der Waals surface area contributed by atoms with Crippen molar-refractivity contribution in [3.05, 3.63) is 0 Å². The van der Waals surface area contributed by atoms with Crippen molar-refractivity contribution < 1.29 is 19.1 Å². The van der Waals surface area contributed by atoms with Gasteiger partial charge in [-0.2, -0.15) is 0 Å². The van der Waals surface area contributed by atoms with Crippen LogP contribution in [-0.2, 0) is 19.1 Å². The van der Waals surface area contributed by atoms with E-state index in [2.05, 4.69) is 5.48 Å². The summed E-state index contributed by atoms with van der Waals surface area (Å²) in [7, 11) is 1.58. The molecule has 0 radical (unpaired) electrons. The van der Waals surface area contributed by atoms with Crippen LogP contribution in [0.1, 0.15) is 13.3 Å². The fourth-order valence-electron chi connectivity index (χ4n) is 1.40. The van der Waals surface area contributed by atoms with E-state index in [0.29, 0.717) is 19.8 Å². The number of nitrogens with one attached hydrogen (secondary N) is 1. The number of hydroxylamine groups is 1. The van der Waals surface area contributed by atoms with Crippen LogP contribution in [0.2, 0.25) is 0 Å². The lowest BCUT2D eigenvalue weighted by Crippen LogP contribution is -2.34. The Kier molecular flexibility index (Phi) is 4.86. The Morgan fingerprint density at radius 3 is 2.93 bits per heavy atom. The monoisotopic (exact) mass is 203 g/mol. The quantitative estimate of drug-likeness (QED) is 0.509. The van der Waals surface area contributed by atoms with Gasteiger partial charge in [0.1, 0.15) is 0 Å². The Labute approximate surface area is 83.7 Å². The Morgan fingerprint density at radius 2 is 2.36 bits per heavy atom. The first kappa shape index (κ1) is 11.4. The Hall–Kier alpha value is -0.650. The molecule has 5 heteroatoms. The summed E-state index contributed by atoms with van der Waals surface area (Å²) in [6, 6.07) is 0. The van der Waals surface area contributed by atoms with Crippen LogP contribution in [-0.4, -0.2) is 38.9 Å². The predicted octanol–water partition coefficient (Wildman–Crippen LogP) is 0.106. The molecule has 1 rings (SSSR count). The minimum Gasteiger partial charge on any atom is -0.382 e. The zero-order chi connectivity index (χ0) is 10.4. The lowest BCUT2D eigenvalue weighted by Gasteiger charge is -2.13. The summed E-state index contributed by atoms with van der Waals surface area (Å²) in [5.41, 5.74) is 2.39. The molecule has 1 fully saturated rings. The van der Waals surface area contributed by atoms with E-state index in [1.54, 1.807) is 7.11 Å². The first-order valence-corrected chi connectivity index (χ1v) is 4.78. The second-order valence-electron chi connectivity index (χ2n) is 3.28. The summed E-state index contributed by atoms with van der Waals surface area (Å²) in [6.45, 7) is 3.38. The summed E-state index contributed by atoms with van der Waals surface area (Å²) in [5, 5.41) is 0. The Balaban J connectivity index is 2.14. The van der Waals surface area contributed by atoms with Gasteiger partial charge in [0, 0.05) is 13.7 Å². The molecule has 5 nitrogen and oxygen atoms in total. The van der Waals surface area contributed by atoms with Gasteiger partial charge in [-0.25, -0.2) is 5.48 Å². The molecule has 1 aliphatic rings. The zero-order valence-electron chi connectivity index (χ0n) is 8.62. The van der Waals surface area contributed by atoms with Crippen molar-refractivity contribution in [1.82, 2.24) is 5.48 Å². The highest BCUT2D eigenvalue weighted by Gasteiger charge is 2.30. The number of amides is 1. The summed E-state index contributed by atoms with van der Waals surface area (Å²) >= 11 is 0. The van der Waals surface area contributed by atoms with Crippen LogP contribution in [0.15, 0.2) is 0 Å². The fourth-order valence-corrected chi connectivity index (χ4v) is 1.40. The maximum Gasteiger partial charge on any atom is 0.249 e. The van der Waals surface area contributed by atoms with Gasteiger partial charge in [-0.3, -0.25) is 9.63 Å². The molecule has 1 amide bonds. The predicted molar refractivity (Wildman–Crippen MR) is 49.5 cm³/mol. The van der Waals surface area contributed by atoms with Crippen LogP contribution in [0.4, 0.5) is 0 Å². The van der Waals surface area contributed by atoms with E-state index in [-0.39, 0.29) is 17.9 Å². The summed E-state index contributed by atoms with van der Waals surface area (Å²) in [6.07, 6.45) is 0.752. The largest absolute Gasteiger partial charge is 0.382 e. The van der Waals surface area contributed by atoms with Crippen molar-refractivity contribution in [3.8, 4) is 0 Å². The summed E-state index contributed by atoms with van der Waals surface area (Å²) in [5.74, 6) is -0.191. The molecule has 1 saturated heterocycles. The smallest absolute Gasteiger partial charge is 0.249 e. The van der Waals surface area contributed by atoms with Crippen LogP contribution in [0.25, 0.3) is 0 Å². The molecule has 1 N–H and O–H groups in total. The number of hydrogen-bond acceptors (Lipinski definition) is 4. The highest BCUT2D eigenvalue weighted by molar-refractivity contribution is 5.78. The molecule has 0 aromatic heterocycles. The van der Waals surface area contributed by atoms with Gasteiger partial charge in [-0.1, -0.05) is 0 Å². The third-order valence-corrected chi connectivity index (χ3v) is 2.28. The van der Waals surface area contributed by atoms with Gasteiger partial charge in [0.25, 0.3) is 0 Å². The molecule has 82 valence electrons. The summed E-state index contributed by atoms with van der Waals surface area (Å²) < 4.78 is 10.0. The number of methoxy groups -OCH3 is 1. The number of ether oxygens (including phenoxy) is 2. The molecule has 2 unspecified atom stereocenters. The minimum absolute atomic E-state index is 0.0129. The fraction of sp³-hybridized carbons (Fsp3) is 0.889. The van der Waals surface area contributed by atoms with E-state index in [1.807, 2.05) is 6.92 Å². The third-order valence-electron chi connectivity index (χ3n) is 2.28. The molecule has 2 atom stereocenters. The van der Waals surface area contributed by atoms with Crippen LogP contribution in [0.3, 0.4) is 0 Å². The number of hydrogen-bond donors (Lipinski definition) is 1. The van der Waals surface area contributed by atoms with Crippen molar-refractivity contribution in [3.63, 3.8) is 0 Å². The van der Waals surface area contributed by atoms with Gasteiger partial charge in [0.2, 0.25) is 5.91 Å². The molecule has 0 aliphatic carbocycles. The average Bonchev–Trinajstić information content (AvgIpc) is 2.59. The second kappa shape index (κ2) is 5.95. The SMILES string of the molecule is COCCONC(=O)C1CCOC1C. The molecule has 0 bridgehead atoms. The first-order chi connectivity index (χ1) is 6.75. The molecule has 0 saturated carbocycles. The van der Waals surface area contributed by atoms with Gasteiger partial charge < -0.3 is 9.47 Å². The minimum atomic E-state index is -0.105. The first-order valence-electron chi connectivity index (χ1n) is 4.78. The van der Waals surface area contributed by atoms with Crippen molar-refractivity contribution in [2.24, 2.45) is 5.92 Å². The zero-order valence-corrected chi connectivity index (χ0v) is 8.62. The van der Waals surface area contributed by atoms with Gasteiger partial charge in [0.05, 0.1) is 25.2 Å². The van der Waals surface area contributed by atoms with E-state index in [0.717, 1.165) is 6.42 Å². The van der Waals surface area contributed by atoms with Crippen LogP contribution in [0.5, 0.6) is 0 Å². The molecule has 0 aromatic rings. The normalized spacial score (nSPS) is 26.4. The lowest BCUT2D eigenvalue weighted by molar-refractivity contribution is -0.140. The van der Waals surface area contributed by atoms with Crippen molar-refractivity contribution in [2.45, 2.75) is 19.4 Å². The van der Waals surface area contributed by atoms with Gasteiger partial charge >= 0.3 is 0 Å². The second-order valence-corrected chi connectivity index (χ2v) is 3.28. The van der Waals surface area contributed by atoms with Crippen molar-refractivity contribution >= 4 is 5.91 Å². The van der Waals surface area contributed by atoms with Crippen LogP contribution in [0, 0.1) is 5.92 Å². The van der Waals surface area contributed by atoms with Gasteiger partial charge in [-0.15, -0.1) is 0 Å². The van der Waals surface area contributed by atoms with E-state index < -0.39 is 0 Å². The van der Waals surface area contributed by atoms with Crippen molar-refractivity contribution in [1.29, 1.82) is 0 Å². The topological polar surface area (TPSA) is 56.8 Å². The van der Waals surface area contributed by atoms with Crippen LogP contribution < -0.4 is 5.48 Å². The standard InChI is InChI=1S/C9H17NO4/c1-7-8(3-4-13-7)9(11)10-14-6-5-12-2/h7-8H,3-6H2,1-2H3,(H,10,11). The molecule has 1 aliphatic heterocycles. The molecule has 0 spiro atoms. The van der Waals surface area contributed by atoms with E-state index in [9.17, 15) is 4.79 Å². The number of carbonyl (C=O) groups is 1. The lowest BCUT2D eigenvalue weighted by atomic mass is 10.0. The molecular formula is C9H17NO4. The van der Waals surface area contributed by atoms with E-state index >= 15 is 0 Å². The molecule has 1 heterocycles. The van der Waals surface area contributed by atoms with Crippen molar-refractivity contribution in [2.75, 3.05) is 26.9 Å². The third kappa shape index (κ3) is 3.25. The number of rotatable bonds is 5. The van der Waals surface area contributed by atoms with Gasteiger partial charge in [-0.05, 0) is 13.3 Å². The highest BCUT2D eigenvalue weighted by atomic mass is 16.7. The number of carbonyl (C=O) groups excluding carboxylic acids is 1. The molecular weight excluding hydrogens is 186 g/mol. The van der Waals surface area contributed by atoms with E-state index in [4.69, 9.17) is 14.3 Å². The highest BCUT2D eigenvalue weighted by Crippen LogP contribution is 2.20.